The van der Waals surface area contributed by atoms with Crippen molar-refractivity contribution in [3.63, 3.8) is 0 Å². The summed E-state index contributed by atoms with van der Waals surface area (Å²) in [6.07, 6.45) is 1.43. The summed E-state index contributed by atoms with van der Waals surface area (Å²) in [6, 6.07) is 8.36. The second-order valence-corrected chi connectivity index (χ2v) is 6.36. The number of ether oxygens (including phenoxy) is 2. The number of para-hydroxylation sites is 2. The maximum absolute atomic E-state index is 11.7. The first-order valence-corrected chi connectivity index (χ1v) is 7.26. The summed E-state index contributed by atoms with van der Waals surface area (Å²) in [6.45, 7) is 5.58. The number of alkyl carbamates (subject to hydrolysis) is 1. The largest absolute Gasteiger partial charge is 0.495 e. The Kier molecular flexibility index (Phi) is 4.60. The highest BCUT2D eigenvalue weighted by Crippen LogP contribution is 2.29. The molecule has 1 saturated carbocycles. The molecule has 21 heavy (non-hydrogen) atoms. The highest BCUT2D eigenvalue weighted by atomic mass is 16.6. The van der Waals surface area contributed by atoms with E-state index in [0.717, 1.165) is 24.3 Å². The van der Waals surface area contributed by atoms with Crippen LogP contribution in [0.1, 0.15) is 33.6 Å². The van der Waals surface area contributed by atoms with Crippen LogP contribution in [0.15, 0.2) is 24.3 Å². The fourth-order valence-electron chi connectivity index (χ4n) is 2.31. The van der Waals surface area contributed by atoms with Gasteiger partial charge in [0, 0.05) is 12.1 Å². The van der Waals surface area contributed by atoms with Gasteiger partial charge >= 0.3 is 6.09 Å². The molecule has 1 amide bonds. The molecule has 0 saturated heterocycles. The van der Waals surface area contributed by atoms with Crippen molar-refractivity contribution < 1.29 is 14.3 Å². The third-order valence-electron chi connectivity index (χ3n) is 3.33. The first-order chi connectivity index (χ1) is 9.87. The van der Waals surface area contributed by atoms with Crippen molar-refractivity contribution in [3.8, 4) is 5.75 Å². The first kappa shape index (κ1) is 15.5. The zero-order chi connectivity index (χ0) is 15.5. The number of carbonyl (C=O) groups excluding carboxylic acids is 1. The summed E-state index contributed by atoms with van der Waals surface area (Å²) >= 11 is 0. The minimum atomic E-state index is -0.455. The second-order valence-electron chi connectivity index (χ2n) is 6.36. The van der Waals surface area contributed by atoms with Crippen LogP contribution in [0.3, 0.4) is 0 Å². The van der Waals surface area contributed by atoms with Gasteiger partial charge < -0.3 is 20.1 Å². The predicted molar refractivity (Wildman–Crippen MR) is 82.8 cm³/mol. The van der Waals surface area contributed by atoms with E-state index in [1.807, 2.05) is 45.0 Å². The maximum Gasteiger partial charge on any atom is 0.407 e. The van der Waals surface area contributed by atoms with Gasteiger partial charge in [-0.05, 0) is 45.7 Å². The smallest absolute Gasteiger partial charge is 0.407 e. The number of anilines is 1. The lowest BCUT2D eigenvalue weighted by molar-refractivity contribution is 0.0475. The van der Waals surface area contributed by atoms with Gasteiger partial charge in [-0.2, -0.15) is 0 Å². The summed E-state index contributed by atoms with van der Waals surface area (Å²) < 4.78 is 10.6. The van der Waals surface area contributed by atoms with Gasteiger partial charge in [-0.25, -0.2) is 4.79 Å². The molecule has 1 fully saturated rings. The maximum atomic E-state index is 11.7. The van der Waals surface area contributed by atoms with Gasteiger partial charge in [0.05, 0.1) is 12.8 Å². The van der Waals surface area contributed by atoms with E-state index >= 15 is 0 Å². The first-order valence-electron chi connectivity index (χ1n) is 7.26. The molecule has 1 aromatic carbocycles. The molecular weight excluding hydrogens is 268 g/mol. The Hall–Kier alpha value is -1.91. The lowest BCUT2D eigenvalue weighted by atomic mass is 9.86. The molecule has 0 aliphatic heterocycles. The van der Waals surface area contributed by atoms with Crippen LogP contribution in [0.4, 0.5) is 10.5 Å². The van der Waals surface area contributed by atoms with Gasteiger partial charge in [-0.15, -0.1) is 0 Å². The number of amides is 1. The van der Waals surface area contributed by atoms with Crippen molar-refractivity contribution in [1.82, 2.24) is 5.32 Å². The van der Waals surface area contributed by atoms with E-state index in [9.17, 15) is 4.79 Å². The normalized spacial score (nSPS) is 21.1. The number of hydrogen-bond acceptors (Lipinski definition) is 4. The van der Waals surface area contributed by atoms with Crippen LogP contribution in [-0.2, 0) is 4.74 Å². The van der Waals surface area contributed by atoms with Crippen LogP contribution < -0.4 is 15.4 Å². The quantitative estimate of drug-likeness (QED) is 0.895. The average Bonchev–Trinajstić information content (AvgIpc) is 2.34. The molecule has 2 rings (SSSR count). The molecular formula is C16H24N2O3. The minimum absolute atomic E-state index is 0.173. The molecule has 2 N–H and O–H groups in total. The van der Waals surface area contributed by atoms with Crippen LogP contribution in [0, 0.1) is 0 Å². The average molecular weight is 292 g/mol. The molecule has 0 bridgehead atoms. The minimum Gasteiger partial charge on any atom is -0.495 e. The highest BCUT2D eigenvalue weighted by molar-refractivity contribution is 5.68. The Balaban J connectivity index is 1.76. The van der Waals surface area contributed by atoms with Crippen LogP contribution in [0.5, 0.6) is 5.75 Å². The fraction of sp³-hybridized carbons (Fsp3) is 0.562. The zero-order valence-corrected chi connectivity index (χ0v) is 13.1. The molecule has 1 aromatic rings. The van der Waals surface area contributed by atoms with Gasteiger partial charge in [0.1, 0.15) is 11.4 Å². The van der Waals surface area contributed by atoms with E-state index in [2.05, 4.69) is 10.6 Å². The Morgan fingerprint density at radius 3 is 2.48 bits per heavy atom. The number of rotatable bonds is 4. The van der Waals surface area contributed by atoms with Gasteiger partial charge in [0.15, 0.2) is 0 Å². The molecule has 0 heterocycles. The van der Waals surface area contributed by atoms with Crippen LogP contribution in [0.25, 0.3) is 0 Å². The number of hydrogen-bond donors (Lipinski definition) is 2. The van der Waals surface area contributed by atoms with E-state index in [4.69, 9.17) is 9.47 Å². The summed E-state index contributed by atoms with van der Waals surface area (Å²) in [5.41, 5.74) is 0.531. The summed E-state index contributed by atoms with van der Waals surface area (Å²) in [4.78, 5) is 11.7. The molecule has 0 atom stereocenters. The fourth-order valence-corrected chi connectivity index (χ4v) is 2.31. The van der Waals surface area contributed by atoms with Crippen LogP contribution in [0.2, 0.25) is 0 Å². The molecule has 5 nitrogen and oxygen atoms in total. The molecule has 1 aliphatic rings. The molecule has 0 radical (unpaired) electrons. The molecule has 0 unspecified atom stereocenters. The van der Waals surface area contributed by atoms with Gasteiger partial charge in [0.2, 0.25) is 0 Å². The van der Waals surface area contributed by atoms with Crippen molar-refractivity contribution in [1.29, 1.82) is 0 Å². The monoisotopic (exact) mass is 292 g/mol. The van der Waals surface area contributed by atoms with E-state index in [0.29, 0.717) is 6.04 Å². The van der Waals surface area contributed by atoms with Crippen molar-refractivity contribution >= 4 is 11.8 Å². The SMILES string of the molecule is COc1ccccc1NC1CC(NC(=O)OC(C)(C)C)C1. The molecule has 0 aromatic heterocycles. The van der Waals surface area contributed by atoms with Gasteiger partial charge in [-0.3, -0.25) is 0 Å². The van der Waals surface area contributed by atoms with Gasteiger partial charge in [0.25, 0.3) is 0 Å². The molecule has 5 heteroatoms. The predicted octanol–water partition coefficient (Wildman–Crippen LogP) is 3.16. The highest BCUT2D eigenvalue weighted by Gasteiger charge is 2.31. The van der Waals surface area contributed by atoms with Crippen molar-refractivity contribution in [2.75, 3.05) is 12.4 Å². The Morgan fingerprint density at radius 2 is 1.86 bits per heavy atom. The summed E-state index contributed by atoms with van der Waals surface area (Å²) in [5, 5.41) is 6.32. The number of methoxy groups -OCH3 is 1. The van der Waals surface area contributed by atoms with E-state index < -0.39 is 5.60 Å². The number of benzene rings is 1. The Morgan fingerprint density at radius 1 is 1.19 bits per heavy atom. The standard InChI is InChI=1S/C16H24N2O3/c1-16(2,3)21-15(19)18-12-9-11(10-12)17-13-7-5-6-8-14(13)20-4/h5-8,11-12,17H,9-10H2,1-4H3,(H,18,19). The second kappa shape index (κ2) is 6.24. The third-order valence-corrected chi connectivity index (χ3v) is 3.33. The number of nitrogens with one attached hydrogen (secondary N) is 2. The topological polar surface area (TPSA) is 59.6 Å². The summed E-state index contributed by atoms with van der Waals surface area (Å²) in [5.74, 6) is 0.834. The molecule has 116 valence electrons. The van der Waals surface area contributed by atoms with Crippen LogP contribution >= 0.6 is 0 Å². The van der Waals surface area contributed by atoms with Crippen molar-refractivity contribution in [2.24, 2.45) is 0 Å². The molecule has 0 spiro atoms. The van der Waals surface area contributed by atoms with E-state index in [1.165, 1.54) is 0 Å². The third kappa shape index (κ3) is 4.55. The van der Waals surface area contributed by atoms with Crippen LogP contribution in [-0.4, -0.2) is 30.9 Å². The zero-order valence-electron chi connectivity index (χ0n) is 13.1. The lowest BCUT2D eigenvalue weighted by Crippen LogP contribution is -2.50. The Bertz CT molecular complexity index is 491. The Labute approximate surface area is 126 Å². The van der Waals surface area contributed by atoms with E-state index in [1.54, 1.807) is 7.11 Å². The van der Waals surface area contributed by atoms with Gasteiger partial charge in [-0.1, -0.05) is 12.1 Å². The van der Waals surface area contributed by atoms with E-state index in [-0.39, 0.29) is 12.1 Å². The molecule has 1 aliphatic carbocycles. The lowest BCUT2D eigenvalue weighted by Gasteiger charge is -2.37. The van der Waals surface area contributed by atoms with Crippen molar-refractivity contribution in [2.45, 2.75) is 51.3 Å². The number of carbonyl (C=O) groups is 1. The summed E-state index contributed by atoms with van der Waals surface area (Å²) in [7, 11) is 1.66. The van der Waals surface area contributed by atoms with Crippen molar-refractivity contribution in [3.05, 3.63) is 24.3 Å².